The highest BCUT2D eigenvalue weighted by atomic mass is 127. The van der Waals surface area contributed by atoms with Gasteiger partial charge in [0.25, 0.3) is 0 Å². The molecule has 1 fully saturated rings. The lowest BCUT2D eigenvalue weighted by Gasteiger charge is -2.27. The van der Waals surface area contributed by atoms with E-state index >= 15 is 0 Å². The van der Waals surface area contributed by atoms with Crippen molar-refractivity contribution in [1.82, 2.24) is 0 Å². The molecule has 2 aromatic carbocycles. The van der Waals surface area contributed by atoms with Gasteiger partial charge in [0.05, 0.1) is 18.3 Å². The van der Waals surface area contributed by atoms with Crippen molar-refractivity contribution in [3.8, 4) is 11.5 Å². The molecule has 0 amide bonds. The van der Waals surface area contributed by atoms with Gasteiger partial charge >= 0.3 is 6.36 Å². The number of hydrogen-bond donors (Lipinski definition) is 2. The van der Waals surface area contributed by atoms with Crippen LogP contribution in [-0.2, 0) is 6.54 Å². The lowest BCUT2D eigenvalue weighted by Crippen LogP contribution is -2.25. The fourth-order valence-corrected chi connectivity index (χ4v) is 2.55. The van der Waals surface area contributed by atoms with Gasteiger partial charge in [-0.2, -0.15) is 0 Å². The van der Waals surface area contributed by atoms with Gasteiger partial charge in [0.15, 0.2) is 11.7 Å². The minimum atomic E-state index is -4.79. The summed E-state index contributed by atoms with van der Waals surface area (Å²) in [6.07, 6.45) is -1.31. The minimum absolute atomic E-state index is 0. The van der Waals surface area contributed by atoms with E-state index in [1.807, 2.05) is 24.3 Å². The normalized spacial score (nSPS) is 14.6. The summed E-state index contributed by atoms with van der Waals surface area (Å²) >= 11 is 0. The van der Waals surface area contributed by atoms with Crippen LogP contribution in [0.25, 0.3) is 0 Å². The molecule has 1 aliphatic carbocycles. The van der Waals surface area contributed by atoms with Crippen molar-refractivity contribution < 1.29 is 22.6 Å². The predicted octanol–water partition coefficient (Wildman–Crippen LogP) is 5.06. The van der Waals surface area contributed by atoms with E-state index in [4.69, 9.17) is 10.5 Å². The van der Waals surface area contributed by atoms with Crippen LogP contribution in [0.3, 0.4) is 0 Å². The van der Waals surface area contributed by atoms with Gasteiger partial charge in [0.2, 0.25) is 0 Å². The number of para-hydroxylation sites is 3. The third-order valence-corrected chi connectivity index (χ3v) is 4.11. The Morgan fingerprint density at radius 1 is 1.07 bits per heavy atom. The standard InChI is InChI=1S/C19H20F3N3O2.HI/c20-19(21,22)27-17-11-4-2-9-15(17)25-18(23)24-12-13-6-1-3-10-16(13)26-14-7-5-8-14;/h1-4,6,9-11,14H,5,7-8,12H2,(H3,23,24,25);1H. The summed E-state index contributed by atoms with van der Waals surface area (Å²) in [6, 6.07) is 13.1. The Balaban J connectivity index is 0.00000280. The molecular weight excluding hydrogens is 486 g/mol. The Hall–Kier alpha value is -2.17. The number of benzene rings is 2. The Bertz CT molecular complexity index is 811. The highest BCUT2D eigenvalue weighted by Gasteiger charge is 2.32. The molecule has 2 aromatic rings. The van der Waals surface area contributed by atoms with Crippen molar-refractivity contribution in [1.29, 1.82) is 0 Å². The number of nitrogens with two attached hydrogens (primary N) is 1. The van der Waals surface area contributed by atoms with Gasteiger partial charge in [-0.25, -0.2) is 4.99 Å². The van der Waals surface area contributed by atoms with Gasteiger partial charge < -0.3 is 20.5 Å². The lowest BCUT2D eigenvalue weighted by atomic mass is 9.96. The molecule has 28 heavy (non-hydrogen) atoms. The fourth-order valence-electron chi connectivity index (χ4n) is 2.55. The number of guanidine groups is 1. The van der Waals surface area contributed by atoms with E-state index < -0.39 is 6.36 Å². The number of alkyl halides is 3. The second-order valence-electron chi connectivity index (χ2n) is 6.15. The summed E-state index contributed by atoms with van der Waals surface area (Å²) in [6.45, 7) is 0.240. The van der Waals surface area contributed by atoms with Gasteiger partial charge in [-0.1, -0.05) is 30.3 Å². The van der Waals surface area contributed by atoms with Crippen molar-refractivity contribution in [2.45, 2.75) is 38.3 Å². The topological polar surface area (TPSA) is 68.9 Å². The molecule has 0 aliphatic heterocycles. The summed E-state index contributed by atoms with van der Waals surface area (Å²) in [7, 11) is 0. The molecule has 0 radical (unpaired) electrons. The molecule has 0 bridgehead atoms. The van der Waals surface area contributed by atoms with Crippen LogP contribution in [-0.4, -0.2) is 18.4 Å². The largest absolute Gasteiger partial charge is 0.573 e. The van der Waals surface area contributed by atoms with Gasteiger partial charge in [0.1, 0.15) is 5.75 Å². The first-order chi connectivity index (χ1) is 12.9. The lowest BCUT2D eigenvalue weighted by molar-refractivity contribution is -0.274. The van der Waals surface area contributed by atoms with Crippen molar-refractivity contribution in [2.75, 3.05) is 5.32 Å². The van der Waals surface area contributed by atoms with E-state index in [1.54, 1.807) is 6.07 Å². The molecule has 1 aliphatic rings. The average molecular weight is 507 g/mol. The van der Waals surface area contributed by atoms with E-state index in [-0.39, 0.29) is 54.0 Å². The van der Waals surface area contributed by atoms with Gasteiger partial charge in [0, 0.05) is 5.56 Å². The molecule has 5 nitrogen and oxygen atoms in total. The number of rotatable bonds is 6. The third kappa shape index (κ3) is 6.47. The van der Waals surface area contributed by atoms with E-state index in [0.717, 1.165) is 24.2 Å². The molecule has 9 heteroatoms. The summed E-state index contributed by atoms with van der Waals surface area (Å²) < 4.78 is 47.4. The van der Waals surface area contributed by atoms with Gasteiger partial charge in [-0.05, 0) is 37.5 Å². The maximum absolute atomic E-state index is 12.5. The predicted molar refractivity (Wildman–Crippen MR) is 112 cm³/mol. The fraction of sp³-hybridized carbons (Fsp3) is 0.316. The molecule has 1 saturated carbocycles. The maximum Gasteiger partial charge on any atom is 0.573 e. The van der Waals surface area contributed by atoms with Crippen molar-refractivity contribution in [2.24, 2.45) is 10.7 Å². The smallest absolute Gasteiger partial charge is 0.490 e. The van der Waals surface area contributed by atoms with Crippen molar-refractivity contribution in [3.05, 3.63) is 54.1 Å². The summed E-state index contributed by atoms with van der Waals surface area (Å²) in [5, 5.41) is 2.65. The van der Waals surface area contributed by atoms with E-state index in [0.29, 0.717) is 0 Å². The van der Waals surface area contributed by atoms with Crippen LogP contribution in [0.15, 0.2) is 53.5 Å². The zero-order chi connectivity index (χ0) is 19.3. The van der Waals surface area contributed by atoms with Crippen LogP contribution in [0.5, 0.6) is 11.5 Å². The molecule has 152 valence electrons. The van der Waals surface area contributed by atoms with E-state index in [9.17, 15) is 13.2 Å². The Morgan fingerprint density at radius 2 is 1.71 bits per heavy atom. The van der Waals surface area contributed by atoms with Crippen LogP contribution < -0.4 is 20.5 Å². The third-order valence-electron chi connectivity index (χ3n) is 4.11. The number of nitrogens with zero attached hydrogens (tertiary/aromatic N) is 1. The summed E-state index contributed by atoms with van der Waals surface area (Å²) in [5.41, 5.74) is 6.77. The van der Waals surface area contributed by atoms with Crippen LogP contribution >= 0.6 is 24.0 Å². The number of ether oxygens (including phenoxy) is 2. The molecule has 3 N–H and O–H groups in total. The number of aliphatic imine (C=N–C) groups is 1. The van der Waals surface area contributed by atoms with Crippen LogP contribution in [0.1, 0.15) is 24.8 Å². The average Bonchev–Trinajstić information content (AvgIpc) is 2.57. The molecule has 0 atom stereocenters. The maximum atomic E-state index is 12.5. The Morgan fingerprint density at radius 3 is 2.36 bits per heavy atom. The first-order valence-electron chi connectivity index (χ1n) is 8.57. The van der Waals surface area contributed by atoms with Gasteiger partial charge in [-0.15, -0.1) is 37.1 Å². The zero-order valence-corrected chi connectivity index (χ0v) is 17.2. The Kier molecular flexibility index (Phi) is 7.78. The molecule has 0 saturated heterocycles. The zero-order valence-electron chi connectivity index (χ0n) is 14.9. The number of nitrogens with one attached hydrogen (secondary N) is 1. The molecule has 0 aromatic heterocycles. The van der Waals surface area contributed by atoms with Crippen LogP contribution in [0.4, 0.5) is 18.9 Å². The van der Waals surface area contributed by atoms with Crippen molar-refractivity contribution in [3.63, 3.8) is 0 Å². The highest BCUT2D eigenvalue weighted by molar-refractivity contribution is 14.0. The second kappa shape index (κ2) is 9.85. The first-order valence-corrected chi connectivity index (χ1v) is 8.57. The number of hydrogen-bond acceptors (Lipinski definition) is 3. The minimum Gasteiger partial charge on any atom is -0.490 e. The molecule has 3 rings (SSSR count). The van der Waals surface area contributed by atoms with E-state index in [2.05, 4.69) is 15.0 Å². The molecule has 0 heterocycles. The monoisotopic (exact) mass is 507 g/mol. The molecular formula is C19H21F3IN3O2. The highest BCUT2D eigenvalue weighted by Crippen LogP contribution is 2.30. The second-order valence-corrected chi connectivity index (χ2v) is 6.15. The number of halogens is 4. The quantitative estimate of drug-likeness (QED) is 0.326. The summed E-state index contributed by atoms with van der Waals surface area (Å²) in [5.74, 6) is 0.350. The molecule has 0 unspecified atom stereocenters. The van der Waals surface area contributed by atoms with Gasteiger partial charge in [-0.3, -0.25) is 0 Å². The Labute approximate surface area is 178 Å². The van der Waals surface area contributed by atoms with Crippen LogP contribution in [0.2, 0.25) is 0 Å². The number of anilines is 1. The van der Waals surface area contributed by atoms with Crippen molar-refractivity contribution >= 4 is 35.6 Å². The van der Waals surface area contributed by atoms with E-state index in [1.165, 1.54) is 24.6 Å². The van der Waals surface area contributed by atoms with Crippen LogP contribution in [0, 0.1) is 0 Å². The SMILES string of the molecule is I.NC(=NCc1ccccc1OC1CCC1)Nc1ccccc1OC(F)(F)F. The summed E-state index contributed by atoms with van der Waals surface area (Å²) in [4.78, 5) is 4.21. The first kappa shape index (κ1) is 22.1. The molecule has 0 spiro atoms.